The second kappa shape index (κ2) is 4.57. The molecule has 0 aromatic carbocycles. The predicted octanol–water partition coefficient (Wildman–Crippen LogP) is 3.89. The highest BCUT2D eigenvalue weighted by Gasteiger charge is 2.59. The van der Waals surface area contributed by atoms with Gasteiger partial charge in [-0.1, -0.05) is 13.8 Å². The lowest BCUT2D eigenvalue weighted by Gasteiger charge is -2.45. The molecular formula is C19H30O3. The predicted molar refractivity (Wildman–Crippen MR) is 84.6 cm³/mol. The fraction of sp³-hybridized carbons (Fsp3) is 0.947. The largest absolute Gasteiger partial charge is 0.366 e. The molecule has 2 saturated heterocycles. The van der Waals surface area contributed by atoms with Crippen molar-refractivity contribution in [2.75, 3.05) is 0 Å². The summed E-state index contributed by atoms with van der Waals surface area (Å²) in [5, 5.41) is 0. The van der Waals surface area contributed by atoms with Gasteiger partial charge in [0.15, 0.2) is 0 Å². The first-order valence-corrected chi connectivity index (χ1v) is 9.13. The molecule has 0 aromatic heterocycles. The molecule has 0 unspecified atom stereocenters. The fourth-order valence-electron chi connectivity index (χ4n) is 5.31. The standard InChI is InChI=1S/C19H30O3/c1-17(2)12-5-6-14(20)13(17)7-9-18(3)15(21-18)8-10-19(4)16(11-12)22-19/h12-13,15-16H,5-11H2,1-4H3/t12-,13+,15-,16-,18+,19-/m0/s1. The summed E-state index contributed by atoms with van der Waals surface area (Å²) in [6.45, 7) is 9.13. The van der Waals surface area contributed by atoms with Gasteiger partial charge in [-0.3, -0.25) is 4.79 Å². The van der Waals surface area contributed by atoms with Gasteiger partial charge in [0.05, 0.1) is 23.4 Å². The molecule has 2 bridgehead atoms. The molecule has 22 heavy (non-hydrogen) atoms. The van der Waals surface area contributed by atoms with Gasteiger partial charge in [-0.2, -0.15) is 0 Å². The van der Waals surface area contributed by atoms with Gasteiger partial charge in [0.2, 0.25) is 0 Å². The van der Waals surface area contributed by atoms with Crippen molar-refractivity contribution in [3.63, 3.8) is 0 Å². The van der Waals surface area contributed by atoms with Crippen molar-refractivity contribution in [1.82, 2.24) is 0 Å². The molecule has 2 saturated carbocycles. The van der Waals surface area contributed by atoms with Gasteiger partial charge < -0.3 is 9.47 Å². The molecule has 0 radical (unpaired) electrons. The molecule has 2 heterocycles. The maximum absolute atomic E-state index is 12.5. The first-order valence-electron chi connectivity index (χ1n) is 9.13. The van der Waals surface area contributed by atoms with Crippen LogP contribution in [0.3, 0.4) is 0 Å². The molecule has 0 aromatic rings. The van der Waals surface area contributed by atoms with Gasteiger partial charge in [-0.15, -0.1) is 0 Å². The van der Waals surface area contributed by atoms with E-state index in [0.29, 0.717) is 23.9 Å². The Kier molecular flexibility index (Phi) is 3.14. The summed E-state index contributed by atoms with van der Waals surface area (Å²) in [7, 11) is 0. The van der Waals surface area contributed by atoms with Gasteiger partial charge in [-0.25, -0.2) is 0 Å². The van der Waals surface area contributed by atoms with Crippen molar-refractivity contribution in [2.24, 2.45) is 17.3 Å². The Morgan fingerprint density at radius 2 is 1.55 bits per heavy atom. The molecule has 4 fully saturated rings. The lowest BCUT2D eigenvalue weighted by Crippen LogP contribution is -2.43. The number of ether oxygens (including phenoxy) is 2. The average Bonchev–Trinajstić information content (AvgIpc) is 3.27. The van der Waals surface area contributed by atoms with Crippen molar-refractivity contribution < 1.29 is 14.3 Å². The van der Waals surface area contributed by atoms with Crippen LogP contribution < -0.4 is 0 Å². The quantitative estimate of drug-likeness (QED) is 0.638. The Morgan fingerprint density at radius 1 is 0.909 bits per heavy atom. The number of carbonyl (C=O) groups is 1. The van der Waals surface area contributed by atoms with E-state index in [9.17, 15) is 4.79 Å². The zero-order valence-corrected chi connectivity index (χ0v) is 14.5. The zero-order valence-electron chi connectivity index (χ0n) is 14.5. The molecule has 3 nitrogen and oxygen atoms in total. The number of rotatable bonds is 0. The van der Waals surface area contributed by atoms with Crippen molar-refractivity contribution in [3.8, 4) is 0 Å². The van der Waals surface area contributed by atoms with Crippen molar-refractivity contribution >= 4 is 5.78 Å². The van der Waals surface area contributed by atoms with Gasteiger partial charge in [0, 0.05) is 12.3 Å². The summed E-state index contributed by atoms with van der Waals surface area (Å²) < 4.78 is 12.1. The third-order valence-corrected chi connectivity index (χ3v) is 7.48. The first-order chi connectivity index (χ1) is 10.2. The SMILES string of the molecule is CC1(C)[C@H]2CCC(=O)[C@H]1CC[C@@]1(C)O[C@H]1CC[C@]1(C)O[C@H]1C2. The van der Waals surface area contributed by atoms with Crippen molar-refractivity contribution in [2.45, 2.75) is 96.1 Å². The number of Topliss-reactive ketones (excluding diaryl/α,β-unsaturated/α-hetero) is 1. The molecule has 0 spiro atoms. The maximum atomic E-state index is 12.5. The van der Waals surface area contributed by atoms with Crippen LogP contribution in [0.5, 0.6) is 0 Å². The molecule has 2 aliphatic heterocycles. The summed E-state index contributed by atoms with van der Waals surface area (Å²) in [6, 6.07) is 0. The lowest BCUT2D eigenvalue weighted by molar-refractivity contribution is -0.133. The number of hydrogen-bond donors (Lipinski definition) is 0. The normalized spacial score (nSPS) is 53.5. The molecule has 124 valence electrons. The van der Waals surface area contributed by atoms with Crippen LogP contribution in [0, 0.1) is 17.3 Å². The number of epoxide rings is 2. The van der Waals surface area contributed by atoms with Crippen LogP contribution in [0.15, 0.2) is 0 Å². The van der Waals surface area contributed by atoms with E-state index in [0.717, 1.165) is 44.9 Å². The van der Waals surface area contributed by atoms with E-state index in [2.05, 4.69) is 27.7 Å². The third kappa shape index (κ3) is 2.27. The lowest BCUT2D eigenvalue weighted by atomic mass is 9.58. The van der Waals surface area contributed by atoms with Crippen molar-refractivity contribution in [1.29, 1.82) is 0 Å². The summed E-state index contributed by atoms with van der Waals surface area (Å²) in [5.74, 6) is 1.31. The Hall–Kier alpha value is -0.410. The summed E-state index contributed by atoms with van der Waals surface area (Å²) >= 11 is 0. The molecule has 3 heteroatoms. The van der Waals surface area contributed by atoms with E-state index < -0.39 is 0 Å². The number of carbonyl (C=O) groups excluding carboxylic acids is 1. The van der Waals surface area contributed by atoms with Crippen LogP contribution in [0.25, 0.3) is 0 Å². The molecule has 4 aliphatic rings. The third-order valence-electron chi connectivity index (χ3n) is 7.48. The van der Waals surface area contributed by atoms with Crippen LogP contribution in [-0.4, -0.2) is 29.2 Å². The Morgan fingerprint density at radius 3 is 2.32 bits per heavy atom. The van der Waals surface area contributed by atoms with Gasteiger partial charge in [0.25, 0.3) is 0 Å². The van der Waals surface area contributed by atoms with E-state index in [1.165, 1.54) is 0 Å². The van der Waals surface area contributed by atoms with E-state index >= 15 is 0 Å². The van der Waals surface area contributed by atoms with E-state index in [1.54, 1.807) is 0 Å². The monoisotopic (exact) mass is 306 g/mol. The Bertz CT molecular complexity index is 499. The molecular weight excluding hydrogens is 276 g/mol. The van der Waals surface area contributed by atoms with Gasteiger partial charge in [-0.05, 0) is 63.7 Å². The Balaban J connectivity index is 1.60. The summed E-state index contributed by atoms with van der Waals surface area (Å²) in [6.07, 6.45) is 7.99. The second-order valence-corrected chi connectivity index (χ2v) is 9.23. The number of hydrogen-bond acceptors (Lipinski definition) is 3. The molecule has 0 amide bonds. The minimum atomic E-state index is 0.0171. The number of fused-ring (bicyclic) bond motifs is 4. The molecule has 4 rings (SSSR count). The highest BCUT2D eigenvalue weighted by molar-refractivity contribution is 5.82. The average molecular weight is 306 g/mol. The second-order valence-electron chi connectivity index (χ2n) is 9.23. The minimum absolute atomic E-state index is 0.0171. The van der Waals surface area contributed by atoms with Crippen LogP contribution in [0.4, 0.5) is 0 Å². The highest BCUT2D eigenvalue weighted by atomic mass is 16.6. The van der Waals surface area contributed by atoms with Gasteiger partial charge in [0.1, 0.15) is 5.78 Å². The van der Waals surface area contributed by atoms with E-state index in [1.807, 2.05) is 0 Å². The summed E-state index contributed by atoms with van der Waals surface area (Å²) in [5.41, 5.74) is 0.185. The topological polar surface area (TPSA) is 42.1 Å². The van der Waals surface area contributed by atoms with Crippen molar-refractivity contribution in [3.05, 3.63) is 0 Å². The molecule has 2 aliphatic carbocycles. The molecule has 0 N–H and O–H groups in total. The number of ketones is 1. The Labute approximate surface area is 134 Å². The van der Waals surface area contributed by atoms with Crippen LogP contribution in [0.1, 0.15) is 72.6 Å². The smallest absolute Gasteiger partial charge is 0.136 e. The van der Waals surface area contributed by atoms with Crippen LogP contribution in [-0.2, 0) is 14.3 Å². The van der Waals surface area contributed by atoms with E-state index in [4.69, 9.17) is 9.47 Å². The zero-order chi connectivity index (χ0) is 15.8. The molecule has 6 atom stereocenters. The van der Waals surface area contributed by atoms with E-state index in [-0.39, 0.29) is 22.5 Å². The first kappa shape index (κ1) is 15.1. The summed E-state index contributed by atoms with van der Waals surface area (Å²) in [4.78, 5) is 12.5. The maximum Gasteiger partial charge on any atom is 0.136 e. The van der Waals surface area contributed by atoms with Crippen LogP contribution >= 0.6 is 0 Å². The van der Waals surface area contributed by atoms with Gasteiger partial charge >= 0.3 is 0 Å². The minimum Gasteiger partial charge on any atom is -0.366 e. The fourth-order valence-corrected chi connectivity index (χ4v) is 5.31. The highest BCUT2D eigenvalue weighted by Crippen LogP contribution is 2.55. The van der Waals surface area contributed by atoms with Crippen LogP contribution in [0.2, 0.25) is 0 Å².